The molecular weight excluding hydrogens is 560 g/mol. The first-order valence-corrected chi connectivity index (χ1v) is 14.5. The van der Waals surface area contributed by atoms with Crippen molar-refractivity contribution >= 4 is 40.3 Å². The normalized spacial score (nSPS) is 16.0. The average molecular weight is 589 g/mol. The van der Waals surface area contributed by atoms with Crippen LogP contribution in [0.5, 0.6) is 17.2 Å². The van der Waals surface area contributed by atoms with E-state index in [0.29, 0.717) is 22.1 Å². The second kappa shape index (κ2) is 10.4. The van der Waals surface area contributed by atoms with Crippen LogP contribution in [0.1, 0.15) is 39.5 Å². The van der Waals surface area contributed by atoms with Crippen molar-refractivity contribution in [2.24, 2.45) is 0 Å². The number of aryl methyl sites for hydroxylation is 1. The number of ether oxygens (including phenoxy) is 3. The summed E-state index contributed by atoms with van der Waals surface area (Å²) < 4.78 is 18.4. The summed E-state index contributed by atoms with van der Waals surface area (Å²) in [6, 6.07) is 33.2. The first-order chi connectivity index (χ1) is 20.9. The summed E-state index contributed by atoms with van der Waals surface area (Å²) in [5.41, 5.74) is 6.44. The van der Waals surface area contributed by atoms with Gasteiger partial charge in [-0.05, 0) is 98.3 Å². The zero-order chi connectivity index (χ0) is 29.7. The lowest BCUT2D eigenvalue weighted by Gasteiger charge is -2.38. The summed E-state index contributed by atoms with van der Waals surface area (Å²) in [7, 11) is 1.66. The van der Waals surface area contributed by atoms with Crippen molar-refractivity contribution in [3.05, 3.63) is 136 Å². The van der Waals surface area contributed by atoms with E-state index in [0.717, 1.165) is 57.3 Å². The van der Waals surface area contributed by atoms with Crippen LogP contribution in [0.3, 0.4) is 0 Å². The standard InChI is InChI=1S/C36H29ClN2O4/c1-4-39(25-13-16-27(41-3)17-14-25)26-15-18-30-34(20-26)42-33-19-22(2)32(38-24-11-9-23(37)10-12-24)21-31(33)36(30)29-8-6-5-7-28(29)35(40)43-36/h5-21,38H,4H2,1-3H3. The molecule has 1 spiro atoms. The number of benzene rings is 5. The molecule has 7 rings (SSSR count). The molecule has 0 saturated carbocycles. The van der Waals surface area contributed by atoms with Gasteiger partial charge >= 0.3 is 5.97 Å². The zero-order valence-electron chi connectivity index (χ0n) is 24.0. The summed E-state index contributed by atoms with van der Waals surface area (Å²) in [5, 5.41) is 4.17. The molecular formula is C36H29ClN2O4. The number of fused-ring (bicyclic) bond motifs is 6. The van der Waals surface area contributed by atoms with Crippen molar-refractivity contribution < 1.29 is 19.0 Å². The van der Waals surface area contributed by atoms with Crippen LogP contribution in [0.25, 0.3) is 0 Å². The molecule has 0 aromatic heterocycles. The Bertz CT molecular complexity index is 1870. The smallest absolute Gasteiger partial charge is 0.340 e. The van der Waals surface area contributed by atoms with Gasteiger partial charge in [0.25, 0.3) is 0 Å². The maximum Gasteiger partial charge on any atom is 0.340 e. The molecule has 1 N–H and O–H groups in total. The summed E-state index contributed by atoms with van der Waals surface area (Å²) in [4.78, 5) is 15.6. The highest BCUT2D eigenvalue weighted by molar-refractivity contribution is 6.30. The van der Waals surface area contributed by atoms with Crippen LogP contribution in [0, 0.1) is 6.92 Å². The fourth-order valence-electron chi connectivity index (χ4n) is 6.08. The van der Waals surface area contributed by atoms with Gasteiger partial charge in [-0.2, -0.15) is 0 Å². The molecule has 7 heteroatoms. The number of anilines is 4. The third kappa shape index (κ3) is 4.37. The maximum atomic E-state index is 13.4. The number of carbonyl (C=O) groups is 1. The molecule has 0 aliphatic carbocycles. The van der Waals surface area contributed by atoms with Gasteiger partial charge < -0.3 is 24.4 Å². The Balaban J connectivity index is 1.38. The summed E-state index contributed by atoms with van der Waals surface area (Å²) >= 11 is 6.12. The van der Waals surface area contributed by atoms with Gasteiger partial charge in [0.2, 0.25) is 0 Å². The van der Waals surface area contributed by atoms with Crippen molar-refractivity contribution in [1.29, 1.82) is 0 Å². The second-order valence-corrected chi connectivity index (χ2v) is 11.1. The van der Waals surface area contributed by atoms with E-state index in [1.54, 1.807) is 7.11 Å². The largest absolute Gasteiger partial charge is 0.497 e. The highest BCUT2D eigenvalue weighted by Gasteiger charge is 2.53. The fraction of sp³-hybridized carbons (Fsp3) is 0.139. The molecule has 0 radical (unpaired) electrons. The molecule has 0 fully saturated rings. The molecule has 2 aliphatic heterocycles. The minimum atomic E-state index is -1.17. The third-order valence-corrected chi connectivity index (χ3v) is 8.43. The van der Waals surface area contributed by atoms with E-state index < -0.39 is 5.60 Å². The van der Waals surface area contributed by atoms with Crippen molar-refractivity contribution in [3.63, 3.8) is 0 Å². The lowest BCUT2D eigenvalue weighted by Crippen LogP contribution is -2.33. The first-order valence-electron chi connectivity index (χ1n) is 14.2. The van der Waals surface area contributed by atoms with Crippen molar-refractivity contribution in [2.45, 2.75) is 19.4 Å². The molecule has 2 heterocycles. The summed E-state index contributed by atoms with van der Waals surface area (Å²) in [5.74, 6) is 1.72. The molecule has 0 saturated heterocycles. The predicted octanol–water partition coefficient (Wildman–Crippen LogP) is 9.13. The maximum absolute atomic E-state index is 13.4. The van der Waals surface area contributed by atoms with Gasteiger partial charge in [0.05, 0.1) is 12.7 Å². The van der Waals surface area contributed by atoms with E-state index in [1.165, 1.54) is 0 Å². The van der Waals surface area contributed by atoms with Crippen LogP contribution in [0.4, 0.5) is 22.7 Å². The van der Waals surface area contributed by atoms with Crippen LogP contribution >= 0.6 is 11.6 Å². The number of halogens is 1. The minimum absolute atomic E-state index is 0.361. The first kappa shape index (κ1) is 26.9. The van der Waals surface area contributed by atoms with Gasteiger partial charge in [0, 0.05) is 57.1 Å². The van der Waals surface area contributed by atoms with Gasteiger partial charge in [-0.15, -0.1) is 0 Å². The lowest BCUT2D eigenvalue weighted by molar-refractivity contribution is 0.0224. The highest BCUT2D eigenvalue weighted by Crippen LogP contribution is 2.57. The quantitative estimate of drug-likeness (QED) is 0.200. The Morgan fingerprint density at radius 2 is 1.56 bits per heavy atom. The van der Waals surface area contributed by atoms with Crippen LogP contribution < -0.4 is 19.7 Å². The number of carbonyl (C=O) groups excluding carboxylic acids is 1. The van der Waals surface area contributed by atoms with E-state index >= 15 is 0 Å². The molecule has 5 aromatic rings. The Morgan fingerprint density at radius 3 is 2.30 bits per heavy atom. The molecule has 5 aromatic carbocycles. The van der Waals surface area contributed by atoms with E-state index in [4.69, 9.17) is 25.8 Å². The van der Waals surface area contributed by atoms with Gasteiger partial charge in [0.1, 0.15) is 17.2 Å². The molecule has 1 unspecified atom stereocenters. The second-order valence-electron chi connectivity index (χ2n) is 10.6. The summed E-state index contributed by atoms with van der Waals surface area (Å²) in [6.07, 6.45) is 0. The van der Waals surface area contributed by atoms with Gasteiger partial charge in [0.15, 0.2) is 5.60 Å². The Labute approximate surface area is 255 Å². The van der Waals surface area contributed by atoms with Crippen molar-refractivity contribution in [3.8, 4) is 17.2 Å². The lowest BCUT2D eigenvalue weighted by atomic mass is 9.77. The molecule has 43 heavy (non-hydrogen) atoms. The third-order valence-electron chi connectivity index (χ3n) is 8.18. The Morgan fingerprint density at radius 1 is 0.837 bits per heavy atom. The van der Waals surface area contributed by atoms with E-state index in [1.807, 2.05) is 104 Å². The van der Waals surface area contributed by atoms with E-state index in [2.05, 4.69) is 23.2 Å². The molecule has 214 valence electrons. The van der Waals surface area contributed by atoms with Crippen LogP contribution in [0.15, 0.2) is 103 Å². The number of hydrogen-bond acceptors (Lipinski definition) is 6. The topological polar surface area (TPSA) is 60.0 Å². The van der Waals surface area contributed by atoms with Crippen molar-refractivity contribution in [1.82, 2.24) is 0 Å². The number of esters is 1. The average Bonchev–Trinajstić information content (AvgIpc) is 3.32. The molecule has 0 bridgehead atoms. The van der Waals surface area contributed by atoms with Crippen LogP contribution in [-0.2, 0) is 10.3 Å². The highest BCUT2D eigenvalue weighted by atomic mass is 35.5. The summed E-state index contributed by atoms with van der Waals surface area (Å²) in [6.45, 7) is 4.87. The zero-order valence-corrected chi connectivity index (χ0v) is 24.7. The van der Waals surface area contributed by atoms with Gasteiger partial charge in [-0.3, -0.25) is 0 Å². The number of methoxy groups -OCH3 is 1. The van der Waals surface area contributed by atoms with Crippen LogP contribution in [-0.4, -0.2) is 19.6 Å². The predicted molar refractivity (Wildman–Crippen MR) is 170 cm³/mol. The fourth-order valence-corrected chi connectivity index (χ4v) is 6.20. The van der Waals surface area contributed by atoms with Gasteiger partial charge in [-0.25, -0.2) is 4.79 Å². The number of nitrogens with one attached hydrogen (secondary N) is 1. The minimum Gasteiger partial charge on any atom is -0.497 e. The molecule has 2 aliphatic rings. The number of hydrogen-bond donors (Lipinski definition) is 1. The molecule has 0 amide bonds. The monoisotopic (exact) mass is 588 g/mol. The number of nitrogens with zero attached hydrogens (tertiary/aromatic N) is 1. The van der Waals surface area contributed by atoms with Crippen LogP contribution in [0.2, 0.25) is 5.02 Å². The van der Waals surface area contributed by atoms with E-state index in [-0.39, 0.29) is 5.97 Å². The van der Waals surface area contributed by atoms with Crippen molar-refractivity contribution in [2.75, 3.05) is 23.9 Å². The van der Waals surface area contributed by atoms with Gasteiger partial charge in [-0.1, -0.05) is 29.8 Å². The number of rotatable bonds is 6. The SMILES string of the molecule is CCN(c1ccc(OC)cc1)c1ccc2c(c1)Oc1cc(C)c(Nc3ccc(Cl)cc3)cc1C21OC(=O)c2ccccc21. The van der Waals surface area contributed by atoms with E-state index in [9.17, 15) is 4.79 Å². The molecule has 1 atom stereocenters. The Kier molecular flexibility index (Phi) is 6.51. The Hall–Kier alpha value is -4.94. The molecule has 6 nitrogen and oxygen atoms in total.